The zero-order valence-electron chi connectivity index (χ0n) is 11.6. The van der Waals surface area contributed by atoms with Crippen molar-refractivity contribution in [2.75, 3.05) is 19.6 Å². The number of benzene rings is 2. The Labute approximate surface area is 120 Å². The van der Waals surface area contributed by atoms with E-state index in [1.807, 2.05) is 0 Å². The Morgan fingerprint density at radius 3 is 2.15 bits per heavy atom. The largest absolute Gasteiger partial charge is 0.298 e. The lowest BCUT2D eigenvalue weighted by Crippen LogP contribution is -2.24. The van der Waals surface area contributed by atoms with Crippen molar-refractivity contribution in [2.45, 2.75) is 5.92 Å². The highest BCUT2D eigenvalue weighted by Crippen LogP contribution is 2.43. The topological polar surface area (TPSA) is 3.24 Å². The van der Waals surface area contributed by atoms with E-state index in [9.17, 15) is 0 Å². The summed E-state index contributed by atoms with van der Waals surface area (Å²) in [5.41, 5.74) is 4.44. The van der Waals surface area contributed by atoms with Crippen molar-refractivity contribution >= 4 is 5.57 Å². The Morgan fingerprint density at radius 1 is 0.750 bits per heavy atom. The van der Waals surface area contributed by atoms with E-state index in [0.29, 0.717) is 11.8 Å². The molecule has 0 amide bonds. The summed E-state index contributed by atoms with van der Waals surface area (Å²) in [5, 5.41) is 0. The lowest BCUT2D eigenvalue weighted by Gasteiger charge is -2.25. The van der Waals surface area contributed by atoms with Crippen molar-refractivity contribution in [3.05, 3.63) is 77.9 Å². The second-order valence-electron chi connectivity index (χ2n) is 5.87. The highest BCUT2D eigenvalue weighted by molar-refractivity contribution is 5.70. The van der Waals surface area contributed by atoms with Gasteiger partial charge in [0.2, 0.25) is 0 Å². The molecule has 1 saturated heterocycles. The van der Waals surface area contributed by atoms with Crippen LogP contribution in [-0.4, -0.2) is 24.5 Å². The summed E-state index contributed by atoms with van der Waals surface area (Å²) in [4.78, 5) is 2.58. The summed E-state index contributed by atoms with van der Waals surface area (Å²) in [6.07, 6.45) is 2.44. The predicted octanol–water partition coefficient (Wildman–Crippen LogP) is 3.80. The zero-order chi connectivity index (χ0) is 13.4. The molecule has 2 heterocycles. The van der Waals surface area contributed by atoms with E-state index in [2.05, 4.69) is 71.6 Å². The van der Waals surface area contributed by atoms with Crippen molar-refractivity contribution in [2.24, 2.45) is 5.92 Å². The number of rotatable bonds is 2. The molecule has 2 aliphatic heterocycles. The summed E-state index contributed by atoms with van der Waals surface area (Å²) in [7, 11) is 0. The molecule has 1 heteroatoms. The van der Waals surface area contributed by atoms with Gasteiger partial charge >= 0.3 is 0 Å². The summed E-state index contributed by atoms with van der Waals surface area (Å²) in [6.45, 7) is 3.51. The maximum absolute atomic E-state index is 2.58. The number of fused-ring (bicyclic) bond motifs is 2. The van der Waals surface area contributed by atoms with Gasteiger partial charge in [-0.15, -0.1) is 0 Å². The first kappa shape index (κ1) is 11.9. The smallest absolute Gasteiger partial charge is 0.0169 e. The SMILES string of the molecule is C1=C(c2ccccc2)[C@H]2CN(C1)C[C@H]2c1ccccc1. The van der Waals surface area contributed by atoms with Crippen LogP contribution in [0.4, 0.5) is 0 Å². The van der Waals surface area contributed by atoms with Gasteiger partial charge in [-0.1, -0.05) is 66.7 Å². The molecule has 1 fully saturated rings. The standard InChI is InChI=1S/C19H19N/c1-3-7-15(8-4-1)17-11-12-20-13-18(19(17)14-20)16-9-5-2-6-10-16/h1-11,18-19H,12-14H2/t18-,19+/m0/s1. The monoisotopic (exact) mass is 261 g/mol. The van der Waals surface area contributed by atoms with E-state index < -0.39 is 0 Å². The van der Waals surface area contributed by atoms with Gasteiger partial charge in [0.25, 0.3) is 0 Å². The van der Waals surface area contributed by atoms with Crippen LogP contribution in [0.3, 0.4) is 0 Å². The Bertz CT molecular complexity index is 615. The molecule has 2 aromatic carbocycles. The molecule has 0 N–H and O–H groups in total. The highest BCUT2D eigenvalue weighted by atomic mass is 15.2. The van der Waals surface area contributed by atoms with Gasteiger partial charge in [-0.25, -0.2) is 0 Å². The molecule has 20 heavy (non-hydrogen) atoms. The van der Waals surface area contributed by atoms with Crippen LogP contribution in [-0.2, 0) is 0 Å². The maximum Gasteiger partial charge on any atom is 0.0169 e. The summed E-state index contributed by atoms with van der Waals surface area (Å²) in [5.74, 6) is 1.29. The molecule has 4 rings (SSSR count). The predicted molar refractivity (Wildman–Crippen MR) is 83.5 cm³/mol. The third kappa shape index (κ3) is 1.99. The second kappa shape index (κ2) is 4.92. The third-order valence-electron chi connectivity index (χ3n) is 4.70. The van der Waals surface area contributed by atoms with Gasteiger partial charge in [0.05, 0.1) is 0 Å². The second-order valence-corrected chi connectivity index (χ2v) is 5.87. The number of hydrogen-bond donors (Lipinski definition) is 0. The fraction of sp³-hybridized carbons (Fsp3) is 0.263. The Morgan fingerprint density at radius 2 is 1.40 bits per heavy atom. The molecule has 3 atom stereocenters. The molecular formula is C19H19N. The average molecular weight is 261 g/mol. The minimum Gasteiger partial charge on any atom is -0.298 e. The van der Waals surface area contributed by atoms with Crippen LogP contribution < -0.4 is 0 Å². The molecule has 100 valence electrons. The van der Waals surface area contributed by atoms with Gasteiger partial charge in [-0.2, -0.15) is 0 Å². The highest BCUT2D eigenvalue weighted by Gasteiger charge is 2.38. The molecule has 1 nitrogen and oxygen atoms in total. The van der Waals surface area contributed by atoms with Crippen molar-refractivity contribution in [1.82, 2.24) is 4.90 Å². The molecular weight excluding hydrogens is 242 g/mol. The van der Waals surface area contributed by atoms with E-state index in [1.165, 1.54) is 24.2 Å². The molecule has 2 aromatic rings. The third-order valence-corrected chi connectivity index (χ3v) is 4.70. The van der Waals surface area contributed by atoms with Gasteiger partial charge in [0, 0.05) is 31.5 Å². The lowest BCUT2D eigenvalue weighted by molar-refractivity contribution is 0.360. The summed E-state index contributed by atoms with van der Waals surface area (Å²) >= 11 is 0. The molecule has 0 aliphatic carbocycles. The molecule has 0 radical (unpaired) electrons. The Balaban J connectivity index is 1.71. The fourth-order valence-electron chi connectivity index (χ4n) is 3.73. The van der Waals surface area contributed by atoms with Gasteiger partial charge in [-0.3, -0.25) is 4.90 Å². The van der Waals surface area contributed by atoms with E-state index in [-0.39, 0.29) is 0 Å². The van der Waals surface area contributed by atoms with Crippen LogP contribution in [0.25, 0.3) is 5.57 Å². The van der Waals surface area contributed by atoms with Crippen molar-refractivity contribution < 1.29 is 0 Å². The first-order valence-corrected chi connectivity index (χ1v) is 7.44. The van der Waals surface area contributed by atoms with Crippen LogP contribution in [0.15, 0.2) is 66.7 Å². The van der Waals surface area contributed by atoms with Crippen molar-refractivity contribution in [1.29, 1.82) is 0 Å². The van der Waals surface area contributed by atoms with Crippen LogP contribution >= 0.6 is 0 Å². The van der Waals surface area contributed by atoms with Crippen LogP contribution in [0.5, 0.6) is 0 Å². The van der Waals surface area contributed by atoms with E-state index >= 15 is 0 Å². The number of nitrogens with zero attached hydrogens (tertiary/aromatic N) is 1. The number of hydrogen-bond acceptors (Lipinski definition) is 1. The van der Waals surface area contributed by atoms with Crippen LogP contribution in [0, 0.1) is 5.92 Å². The minimum absolute atomic E-state index is 0.644. The molecule has 0 spiro atoms. The molecule has 2 aliphatic rings. The first-order chi connectivity index (χ1) is 9.92. The first-order valence-electron chi connectivity index (χ1n) is 7.44. The van der Waals surface area contributed by atoms with Gasteiger partial charge in [0.1, 0.15) is 0 Å². The van der Waals surface area contributed by atoms with Gasteiger partial charge in [-0.05, 0) is 16.7 Å². The lowest BCUT2D eigenvalue weighted by atomic mass is 9.81. The molecule has 1 unspecified atom stereocenters. The minimum atomic E-state index is 0.644. The van der Waals surface area contributed by atoms with Crippen LogP contribution in [0.1, 0.15) is 17.0 Å². The zero-order valence-corrected chi connectivity index (χ0v) is 11.6. The van der Waals surface area contributed by atoms with Gasteiger partial charge < -0.3 is 0 Å². The molecule has 0 aromatic heterocycles. The maximum atomic E-state index is 2.58. The fourth-order valence-corrected chi connectivity index (χ4v) is 3.73. The Hall–Kier alpha value is -1.86. The van der Waals surface area contributed by atoms with E-state index in [1.54, 1.807) is 5.57 Å². The summed E-state index contributed by atoms with van der Waals surface area (Å²) < 4.78 is 0. The van der Waals surface area contributed by atoms with Crippen molar-refractivity contribution in [3.63, 3.8) is 0 Å². The average Bonchev–Trinajstić information content (AvgIpc) is 2.86. The van der Waals surface area contributed by atoms with Gasteiger partial charge in [0.15, 0.2) is 0 Å². The quantitative estimate of drug-likeness (QED) is 0.795. The summed E-state index contributed by atoms with van der Waals surface area (Å²) in [6, 6.07) is 21.9. The Kier molecular flexibility index (Phi) is 2.93. The normalized spacial score (nSPS) is 28.2. The molecule has 2 bridgehead atoms. The van der Waals surface area contributed by atoms with E-state index in [4.69, 9.17) is 0 Å². The van der Waals surface area contributed by atoms with Crippen LogP contribution in [0.2, 0.25) is 0 Å². The van der Waals surface area contributed by atoms with E-state index in [0.717, 1.165) is 6.54 Å². The van der Waals surface area contributed by atoms with Crippen molar-refractivity contribution in [3.8, 4) is 0 Å². The molecule has 0 saturated carbocycles.